The van der Waals surface area contributed by atoms with Gasteiger partial charge in [-0.1, -0.05) is 25.8 Å². The standard InChI is InChI=1S/C7H14BN3/c1-4-6-5-9-11-10-7(6)8(2)3/h6H,4-5H2,1-3H3. The highest BCUT2D eigenvalue weighted by Gasteiger charge is 2.21. The Kier molecular flexibility index (Phi) is 2.80. The van der Waals surface area contributed by atoms with Gasteiger partial charge in [0.1, 0.15) is 0 Å². The number of hydrogen-bond donors (Lipinski definition) is 0. The summed E-state index contributed by atoms with van der Waals surface area (Å²) in [4.78, 5) is 0. The zero-order chi connectivity index (χ0) is 8.27. The summed E-state index contributed by atoms with van der Waals surface area (Å²) in [5, 5.41) is 11.6. The molecule has 0 radical (unpaired) electrons. The van der Waals surface area contributed by atoms with E-state index in [2.05, 4.69) is 36.0 Å². The molecule has 3 nitrogen and oxygen atoms in total. The lowest BCUT2D eigenvalue weighted by Crippen LogP contribution is -2.30. The molecule has 11 heavy (non-hydrogen) atoms. The molecule has 1 atom stereocenters. The van der Waals surface area contributed by atoms with Gasteiger partial charge in [-0.25, -0.2) is 0 Å². The van der Waals surface area contributed by atoms with Crippen molar-refractivity contribution in [1.82, 2.24) is 0 Å². The summed E-state index contributed by atoms with van der Waals surface area (Å²) in [6.07, 6.45) is 1.12. The van der Waals surface area contributed by atoms with Crippen LogP contribution in [0.5, 0.6) is 0 Å². The van der Waals surface area contributed by atoms with E-state index in [1.807, 2.05) is 0 Å². The Morgan fingerprint density at radius 2 is 2.27 bits per heavy atom. The average molecular weight is 151 g/mol. The van der Waals surface area contributed by atoms with Crippen molar-refractivity contribution < 1.29 is 0 Å². The Balaban J connectivity index is 2.70. The quantitative estimate of drug-likeness (QED) is 0.542. The molecular formula is C7H14BN3. The van der Waals surface area contributed by atoms with Gasteiger partial charge >= 0.3 is 0 Å². The van der Waals surface area contributed by atoms with Crippen LogP contribution in [0.15, 0.2) is 15.4 Å². The Morgan fingerprint density at radius 1 is 1.55 bits per heavy atom. The largest absolute Gasteiger partial charge is 0.191 e. The van der Waals surface area contributed by atoms with Crippen LogP contribution in [-0.2, 0) is 0 Å². The Bertz CT molecular complexity index is 186. The van der Waals surface area contributed by atoms with E-state index in [0.29, 0.717) is 12.6 Å². The number of nitrogens with zero attached hydrogens (tertiary/aromatic N) is 3. The minimum Gasteiger partial charge on any atom is -0.168 e. The maximum absolute atomic E-state index is 4.06. The van der Waals surface area contributed by atoms with E-state index in [1.165, 1.54) is 5.61 Å². The molecule has 60 valence electrons. The van der Waals surface area contributed by atoms with Crippen molar-refractivity contribution in [3.05, 3.63) is 0 Å². The molecule has 0 amide bonds. The van der Waals surface area contributed by atoms with Gasteiger partial charge in [-0.3, -0.25) is 0 Å². The van der Waals surface area contributed by atoms with Gasteiger partial charge in [0.2, 0.25) is 0 Å². The van der Waals surface area contributed by atoms with Crippen LogP contribution in [0.4, 0.5) is 0 Å². The van der Waals surface area contributed by atoms with Gasteiger partial charge in [0.05, 0.1) is 6.54 Å². The fraction of sp³-hybridized carbons (Fsp3) is 0.857. The minimum absolute atomic E-state index is 0.513. The van der Waals surface area contributed by atoms with Gasteiger partial charge in [-0.2, -0.15) is 5.11 Å². The third kappa shape index (κ3) is 1.88. The monoisotopic (exact) mass is 151 g/mol. The van der Waals surface area contributed by atoms with Crippen LogP contribution in [0.2, 0.25) is 13.6 Å². The first-order chi connectivity index (χ1) is 5.25. The van der Waals surface area contributed by atoms with E-state index in [-0.39, 0.29) is 0 Å². The molecule has 1 unspecified atom stereocenters. The first-order valence-corrected chi connectivity index (χ1v) is 4.20. The highest BCUT2D eigenvalue weighted by molar-refractivity contribution is 6.89. The fourth-order valence-electron chi connectivity index (χ4n) is 1.32. The van der Waals surface area contributed by atoms with Crippen molar-refractivity contribution >= 4 is 12.3 Å². The first-order valence-electron chi connectivity index (χ1n) is 4.20. The van der Waals surface area contributed by atoms with Crippen molar-refractivity contribution in [3.8, 4) is 0 Å². The molecule has 0 aromatic rings. The van der Waals surface area contributed by atoms with Crippen LogP contribution < -0.4 is 0 Å². The summed E-state index contributed by atoms with van der Waals surface area (Å²) in [5.74, 6) is 0.535. The molecule has 0 N–H and O–H groups in total. The predicted octanol–water partition coefficient (Wildman–Crippen LogP) is 2.13. The Labute approximate surface area is 68.1 Å². The lowest BCUT2D eigenvalue weighted by Gasteiger charge is -2.17. The van der Waals surface area contributed by atoms with Gasteiger partial charge in [-0.05, 0) is 6.42 Å². The van der Waals surface area contributed by atoms with Crippen molar-refractivity contribution in [1.29, 1.82) is 0 Å². The molecule has 1 rings (SSSR count). The maximum atomic E-state index is 4.06. The summed E-state index contributed by atoms with van der Waals surface area (Å²) in [5.41, 5.74) is 1.21. The molecule has 0 spiro atoms. The summed E-state index contributed by atoms with van der Waals surface area (Å²) in [6.45, 7) is 7.82. The van der Waals surface area contributed by atoms with Crippen LogP contribution in [0, 0.1) is 5.92 Å². The van der Waals surface area contributed by atoms with Gasteiger partial charge in [0, 0.05) is 11.5 Å². The average Bonchev–Trinajstić information content (AvgIpc) is 2.04. The molecule has 0 aliphatic carbocycles. The summed E-state index contributed by atoms with van der Waals surface area (Å²) in [7, 11) is 0. The Morgan fingerprint density at radius 3 is 2.73 bits per heavy atom. The Hall–Kier alpha value is -0.665. The van der Waals surface area contributed by atoms with E-state index in [0.717, 1.165) is 13.0 Å². The molecule has 0 fully saturated rings. The summed E-state index contributed by atoms with van der Waals surface area (Å²) < 4.78 is 0. The zero-order valence-electron chi connectivity index (χ0n) is 7.41. The topological polar surface area (TPSA) is 37.1 Å². The van der Waals surface area contributed by atoms with Gasteiger partial charge in [-0.15, -0.1) is 5.10 Å². The van der Waals surface area contributed by atoms with E-state index in [9.17, 15) is 0 Å². The van der Waals surface area contributed by atoms with Crippen molar-refractivity contribution in [2.75, 3.05) is 6.54 Å². The molecular weight excluding hydrogens is 137 g/mol. The van der Waals surface area contributed by atoms with Crippen LogP contribution in [0.3, 0.4) is 0 Å². The van der Waals surface area contributed by atoms with Crippen LogP contribution in [0.1, 0.15) is 13.3 Å². The van der Waals surface area contributed by atoms with Crippen molar-refractivity contribution in [2.45, 2.75) is 27.0 Å². The summed E-state index contributed by atoms with van der Waals surface area (Å²) in [6, 6.07) is 0. The molecule has 0 aromatic carbocycles. The van der Waals surface area contributed by atoms with E-state index in [1.54, 1.807) is 0 Å². The molecule has 4 heteroatoms. The van der Waals surface area contributed by atoms with Crippen molar-refractivity contribution in [3.63, 3.8) is 0 Å². The molecule has 0 saturated carbocycles. The predicted molar refractivity (Wildman–Crippen MR) is 48.4 cm³/mol. The van der Waals surface area contributed by atoms with E-state index in [4.69, 9.17) is 0 Å². The normalized spacial score (nSPS) is 23.2. The number of hydrogen-bond acceptors (Lipinski definition) is 3. The van der Waals surface area contributed by atoms with Crippen LogP contribution >= 0.6 is 0 Å². The van der Waals surface area contributed by atoms with Crippen molar-refractivity contribution in [2.24, 2.45) is 21.4 Å². The third-order valence-corrected chi connectivity index (χ3v) is 2.03. The van der Waals surface area contributed by atoms with E-state index >= 15 is 0 Å². The maximum Gasteiger partial charge on any atom is 0.191 e. The minimum atomic E-state index is 0.513. The van der Waals surface area contributed by atoms with Gasteiger partial charge < -0.3 is 0 Å². The number of rotatable bonds is 2. The lowest BCUT2D eigenvalue weighted by molar-refractivity contribution is 0.634. The SMILES string of the molecule is CCC1CN=NN=C1B(C)C. The molecule has 0 aromatic heterocycles. The van der Waals surface area contributed by atoms with Crippen LogP contribution in [-0.4, -0.2) is 18.9 Å². The molecule has 0 bridgehead atoms. The highest BCUT2D eigenvalue weighted by atomic mass is 15.4. The molecule has 1 heterocycles. The molecule has 0 saturated heterocycles. The second-order valence-electron chi connectivity index (χ2n) is 3.20. The lowest BCUT2D eigenvalue weighted by atomic mass is 9.47. The first kappa shape index (κ1) is 8.43. The second-order valence-corrected chi connectivity index (χ2v) is 3.20. The third-order valence-electron chi connectivity index (χ3n) is 2.03. The van der Waals surface area contributed by atoms with Gasteiger partial charge in [0.25, 0.3) is 0 Å². The second kappa shape index (κ2) is 3.65. The van der Waals surface area contributed by atoms with E-state index < -0.39 is 0 Å². The fourth-order valence-corrected chi connectivity index (χ4v) is 1.32. The summed E-state index contributed by atoms with van der Waals surface area (Å²) >= 11 is 0. The smallest absolute Gasteiger partial charge is 0.168 e. The highest BCUT2D eigenvalue weighted by Crippen LogP contribution is 2.13. The van der Waals surface area contributed by atoms with Crippen LogP contribution in [0.25, 0.3) is 0 Å². The zero-order valence-corrected chi connectivity index (χ0v) is 7.41. The molecule has 1 aliphatic heterocycles. The molecule has 1 aliphatic rings. The van der Waals surface area contributed by atoms with Gasteiger partial charge in [0.15, 0.2) is 6.71 Å².